The van der Waals surface area contributed by atoms with E-state index >= 15 is 0 Å². The number of aromatic amines is 1. The van der Waals surface area contributed by atoms with Gasteiger partial charge in [0.25, 0.3) is 0 Å². The Labute approximate surface area is 80.3 Å². The molecule has 0 bridgehead atoms. The van der Waals surface area contributed by atoms with Crippen LogP contribution in [0.3, 0.4) is 0 Å². The maximum Gasteiger partial charge on any atom is 0.238 e. The molecule has 1 heterocycles. The molecule has 6 nitrogen and oxygen atoms in total. The van der Waals surface area contributed by atoms with Gasteiger partial charge in [0.15, 0.2) is 0 Å². The van der Waals surface area contributed by atoms with Crippen LogP contribution in [0.4, 0.5) is 0 Å². The second kappa shape index (κ2) is 4.13. The lowest BCUT2D eigenvalue weighted by molar-refractivity contribution is -0.121. The Morgan fingerprint density at radius 3 is 3.00 bits per heavy atom. The van der Waals surface area contributed by atoms with Gasteiger partial charge in [0, 0.05) is 13.5 Å². The van der Waals surface area contributed by atoms with Crippen LogP contribution in [-0.2, 0) is 4.79 Å². The summed E-state index contributed by atoms with van der Waals surface area (Å²) in [5, 5.41) is 12.3. The molecule has 1 aromatic heterocycles. The van der Waals surface area contributed by atoms with Crippen molar-refractivity contribution in [1.82, 2.24) is 25.5 Å². The molecule has 0 saturated heterocycles. The van der Waals surface area contributed by atoms with Gasteiger partial charge in [0.1, 0.15) is 0 Å². The number of aromatic nitrogens is 4. The summed E-state index contributed by atoms with van der Waals surface area (Å²) in [4.78, 5) is 11.0. The Hall–Kier alpha value is -1.24. The molecule has 0 aliphatic rings. The average molecular weight is 201 g/mol. The van der Waals surface area contributed by atoms with E-state index in [1.54, 1.807) is 11.7 Å². The highest BCUT2D eigenvalue weighted by Crippen LogP contribution is 2.07. The number of tetrazole rings is 1. The summed E-state index contributed by atoms with van der Waals surface area (Å²) < 4.78 is 1.93. The molecule has 1 atom stereocenters. The Bertz CT molecular complexity index is 343. The smallest absolute Gasteiger partial charge is 0.238 e. The number of carbonyl (C=O) groups excluding carboxylic acids is 1. The molecule has 1 aromatic rings. The quantitative estimate of drug-likeness (QED) is 0.677. The van der Waals surface area contributed by atoms with Gasteiger partial charge in [-0.05, 0) is 19.1 Å². The first kappa shape index (κ1) is 9.85. The van der Waals surface area contributed by atoms with Gasteiger partial charge in [-0.15, -0.1) is 0 Å². The normalized spacial score (nSPS) is 12.5. The fourth-order valence-electron chi connectivity index (χ4n) is 0.953. The van der Waals surface area contributed by atoms with Gasteiger partial charge < -0.3 is 5.32 Å². The van der Waals surface area contributed by atoms with E-state index in [0.29, 0.717) is 11.2 Å². The predicted octanol–water partition coefficient (Wildman–Crippen LogP) is 0.0328. The Morgan fingerprint density at radius 1 is 1.85 bits per heavy atom. The lowest BCUT2D eigenvalue weighted by Crippen LogP contribution is -2.22. The first-order valence-electron chi connectivity index (χ1n) is 3.85. The summed E-state index contributed by atoms with van der Waals surface area (Å²) in [6, 6.07) is -0.0533. The summed E-state index contributed by atoms with van der Waals surface area (Å²) in [6.45, 7) is 1.87. The van der Waals surface area contributed by atoms with Crippen molar-refractivity contribution in [3.8, 4) is 0 Å². The monoisotopic (exact) mass is 201 g/mol. The van der Waals surface area contributed by atoms with Gasteiger partial charge in [-0.2, -0.15) is 5.21 Å². The van der Waals surface area contributed by atoms with E-state index in [1.165, 1.54) is 0 Å². The third-order valence-electron chi connectivity index (χ3n) is 1.69. The molecule has 72 valence electrons. The van der Waals surface area contributed by atoms with E-state index in [2.05, 4.69) is 20.8 Å². The highest BCUT2D eigenvalue weighted by molar-refractivity contribution is 7.71. The SMILES string of the molecule is CNC(=O)CC(C)n1[nH]nnc1=S. The van der Waals surface area contributed by atoms with Gasteiger partial charge in [-0.25, -0.2) is 4.68 Å². The first-order chi connectivity index (χ1) is 6.15. The zero-order valence-electron chi connectivity index (χ0n) is 7.44. The molecular weight excluding hydrogens is 190 g/mol. The zero-order valence-corrected chi connectivity index (χ0v) is 8.26. The summed E-state index contributed by atoms with van der Waals surface area (Å²) >= 11 is 4.88. The summed E-state index contributed by atoms with van der Waals surface area (Å²) in [7, 11) is 1.60. The molecule has 7 heteroatoms. The maximum atomic E-state index is 11.0. The highest BCUT2D eigenvalue weighted by atomic mass is 32.1. The van der Waals surface area contributed by atoms with Crippen LogP contribution in [-0.4, -0.2) is 33.2 Å². The predicted molar refractivity (Wildman–Crippen MR) is 48.6 cm³/mol. The van der Waals surface area contributed by atoms with Crippen molar-refractivity contribution in [2.24, 2.45) is 0 Å². The van der Waals surface area contributed by atoms with Crippen LogP contribution in [0.5, 0.6) is 0 Å². The maximum absolute atomic E-state index is 11.0. The van der Waals surface area contributed by atoms with Gasteiger partial charge in [0.05, 0.1) is 6.04 Å². The fraction of sp³-hybridized carbons (Fsp3) is 0.667. The van der Waals surface area contributed by atoms with Gasteiger partial charge in [0.2, 0.25) is 10.7 Å². The minimum absolute atomic E-state index is 0.0380. The van der Waals surface area contributed by atoms with E-state index < -0.39 is 0 Å². The van der Waals surface area contributed by atoms with Crippen LogP contribution in [0.15, 0.2) is 0 Å². The van der Waals surface area contributed by atoms with Crippen LogP contribution >= 0.6 is 12.2 Å². The van der Waals surface area contributed by atoms with Crippen molar-refractivity contribution in [3.63, 3.8) is 0 Å². The third-order valence-corrected chi connectivity index (χ3v) is 1.97. The number of hydrogen-bond acceptors (Lipinski definition) is 4. The first-order valence-corrected chi connectivity index (χ1v) is 4.26. The fourth-order valence-corrected chi connectivity index (χ4v) is 1.21. The van der Waals surface area contributed by atoms with Gasteiger partial charge in [-0.3, -0.25) is 4.79 Å². The summed E-state index contributed by atoms with van der Waals surface area (Å²) in [6.07, 6.45) is 0.356. The summed E-state index contributed by atoms with van der Waals surface area (Å²) in [5.41, 5.74) is 0. The van der Waals surface area contributed by atoms with Crippen LogP contribution in [0.25, 0.3) is 0 Å². The van der Waals surface area contributed by atoms with Crippen LogP contribution in [0, 0.1) is 4.77 Å². The number of carbonyl (C=O) groups is 1. The molecule has 0 spiro atoms. The van der Waals surface area contributed by atoms with Crippen molar-refractivity contribution in [2.75, 3.05) is 7.05 Å². The largest absolute Gasteiger partial charge is 0.359 e. The standard InChI is InChI=1S/C6H11N5OS/c1-4(3-5(12)7-2)11-6(13)8-9-10-11/h4H,3H2,1-2H3,(H,7,12)(H,8,10,13). The van der Waals surface area contributed by atoms with Crippen molar-refractivity contribution >= 4 is 18.1 Å². The molecule has 2 N–H and O–H groups in total. The summed E-state index contributed by atoms with van der Waals surface area (Å²) in [5.74, 6) is -0.0380. The molecule has 0 saturated carbocycles. The Morgan fingerprint density at radius 2 is 2.54 bits per heavy atom. The van der Waals surface area contributed by atoms with E-state index in [4.69, 9.17) is 12.2 Å². The third kappa shape index (κ3) is 2.35. The van der Waals surface area contributed by atoms with E-state index in [0.717, 1.165) is 0 Å². The number of amides is 1. The minimum Gasteiger partial charge on any atom is -0.359 e. The highest BCUT2D eigenvalue weighted by Gasteiger charge is 2.10. The minimum atomic E-state index is -0.0533. The number of nitrogens with one attached hydrogen (secondary N) is 2. The van der Waals surface area contributed by atoms with Crippen molar-refractivity contribution < 1.29 is 4.79 Å². The topological polar surface area (TPSA) is 75.6 Å². The van der Waals surface area contributed by atoms with Crippen LogP contribution in [0.1, 0.15) is 19.4 Å². The molecule has 0 fully saturated rings. The lowest BCUT2D eigenvalue weighted by Gasteiger charge is -2.09. The molecule has 13 heavy (non-hydrogen) atoms. The Kier molecular flexibility index (Phi) is 3.13. The van der Waals surface area contributed by atoms with Crippen molar-refractivity contribution in [3.05, 3.63) is 4.77 Å². The van der Waals surface area contributed by atoms with E-state index in [1.807, 2.05) is 6.92 Å². The van der Waals surface area contributed by atoms with Gasteiger partial charge in [-0.1, -0.05) is 10.3 Å². The molecule has 1 unspecified atom stereocenters. The lowest BCUT2D eigenvalue weighted by atomic mass is 10.2. The zero-order chi connectivity index (χ0) is 9.84. The van der Waals surface area contributed by atoms with Gasteiger partial charge >= 0.3 is 0 Å². The molecule has 0 aliphatic heterocycles. The van der Waals surface area contributed by atoms with Crippen molar-refractivity contribution in [1.29, 1.82) is 0 Å². The molecule has 0 aromatic carbocycles. The molecular formula is C6H11N5OS. The average Bonchev–Trinajstić information content (AvgIpc) is 2.51. The Balaban J connectivity index is 2.69. The molecule has 1 amide bonds. The second-order valence-electron chi connectivity index (χ2n) is 2.68. The van der Waals surface area contributed by atoms with E-state index in [9.17, 15) is 4.79 Å². The number of rotatable bonds is 3. The van der Waals surface area contributed by atoms with Crippen LogP contribution in [0.2, 0.25) is 0 Å². The second-order valence-corrected chi connectivity index (χ2v) is 3.04. The van der Waals surface area contributed by atoms with Crippen molar-refractivity contribution in [2.45, 2.75) is 19.4 Å². The molecule has 0 aliphatic carbocycles. The molecule has 1 rings (SSSR count). The molecule has 0 radical (unpaired) electrons. The van der Waals surface area contributed by atoms with Crippen LogP contribution < -0.4 is 5.32 Å². The number of hydrogen-bond donors (Lipinski definition) is 2. The van der Waals surface area contributed by atoms with E-state index in [-0.39, 0.29) is 11.9 Å². The number of H-pyrrole nitrogens is 1. The number of nitrogens with zero attached hydrogens (tertiary/aromatic N) is 3.